The second-order valence-corrected chi connectivity index (χ2v) is 4.40. The van der Waals surface area contributed by atoms with Gasteiger partial charge in [-0.3, -0.25) is 5.43 Å². The van der Waals surface area contributed by atoms with Gasteiger partial charge in [-0.2, -0.15) is 4.98 Å². The van der Waals surface area contributed by atoms with E-state index in [1.807, 2.05) is 0 Å². The molecular formula is C10H16ClN5O. The Bertz CT molecular complexity index is 389. The number of nitrogen functional groups attached to an aromatic ring is 1. The smallest absolute Gasteiger partial charge is 0.239 e. The number of halogens is 1. The first-order valence-corrected chi connectivity index (χ1v) is 5.91. The van der Waals surface area contributed by atoms with Crippen molar-refractivity contribution in [2.75, 3.05) is 17.9 Å². The number of hydrogen-bond acceptors (Lipinski definition) is 6. The van der Waals surface area contributed by atoms with E-state index in [-0.39, 0.29) is 12.1 Å². The molecule has 2 rings (SSSR count). The Morgan fingerprint density at radius 1 is 1.53 bits per heavy atom. The van der Waals surface area contributed by atoms with Crippen LogP contribution in [0.4, 0.5) is 11.8 Å². The molecule has 0 aromatic carbocycles. The number of aromatic nitrogens is 2. The van der Waals surface area contributed by atoms with Crippen molar-refractivity contribution in [2.45, 2.75) is 31.4 Å². The molecule has 1 fully saturated rings. The predicted octanol–water partition coefficient (Wildman–Crippen LogP) is 1.39. The minimum Gasteiger partial charge on any atom is -0.379 e. The van der Waals surface area contributed by atoms with Gasteiger partial charge < -0.3 is 10.1 Å². The summed E-state index contributed by atoms with van der Waals surface area (Å²) in [6.07, 6.45) is 4.96. The predicted molar refractivity (Wildman–Crippen MR) is 66.9 cm³/mol. The third kappa shape index (κ3) is 2.77. The van der Waals surface area contributed by atoms with Crippen LogP contribution in [0.5, 0.6) is 0 Å². The van der Waals surface area contributed by atoms with Gasteiger partial charge in [-0.25, -0.2) is 10.8 Å². The van der Waals surface area contributed by atoms with Crippen LogP contribution in [0.1, 0.15) is 19.3 Å². The number of nitrogens with one attached hydrogen (secondary N) is 2. The zero-order valence-electron chi connectivity index (χ0n) is 9.61. The Labute approximate surface area is 105 Å². The summed E-state index contributed by atoms with van der Waals surface area (Å²) in [5.41, 5.74) is 2.39. The van der Waals surface area contributed by atoms with Gasteiger partial charge in [0, 0.05) is 7.11 Å². The molecule has 2 unspecified atom stereocenters. The lowest BCUT2D eigenvalue weighted by atomic mass is 10.2. The van der Waals surface area contributed by atoms with Crippen molar-refractivity contribution in [3.8, 4) is 0 Å². The summed E-state index contributed by atoms with van der Waals surface area (Å²) in [6.45, 7) is 0. The van der Waals surface area contributed by atoms with Gasteiger partial charge in [-0.1, -0.05) is 11.6 Å². The SMILES string of the molecule is COC1CCCC1Nc1nc(NN)ncc1Cl. The number of nitrogens with two attached hydrogens (primary N) is 1. The van der Waals surface area contributed by atoms with Crippen LogP contribution in [-0.2, 0) is 4.74 Å². The highest BCUT2D eigenvalue weighted by Crippen LogP contribution is 2.27. The molecule has 1 aliphatic rings. The first-order valence-electron chi connectivity index (χ1n) is 5.53. The van der Waals surface area contributed by atoms with Gasteiger partial charge in [-0.15, -0.1) is 0 Å². The molecule has 0 bridgehead atoms. The number of methoxy groups -OCH3 is 1. The highest BCUT2D eigenvalue weighted by atomic mass is 35.5. The lowest BCUT2D eigenvalue weighted by molar-refractivity contribution is 0.101. The topological polar surface area (TPSA) is 85.1 Å². The fourth-order valence-corrected chi connectivity index (χ4v) is 2.23. The molecule has 4 N–H and O–H groups in total. The number of nitrogens with zero attached hydrogens (tertiary/aromatic N) is 2. The summed E-state index contributed by atoms with van der Waals surface area (Å²) < 4.78 is 5.40. The van der Waals surface area contributed by atoms with E-state index < -0.39 is 0 Å². The van der Waals surface area contributed by atoms with E-state index >= 15 is 0 Å². The average molecular weight is 258 g/mol. The van der Waals surface area contributed by atoms with Gasteiger partial charge in [0.1, 0.15) is 5.02 Å². The Morgan fingerprint density at radius 2 is 2.35 bits per heavy atom. The summed E-state index contributed by atoms with van der Waals surface area (Å²) in [5.74, 6) is 6.18. The van der Waals surface area contributed by atoms with E-state index in [0.29, 0.717) is 16.8 Å². The van der Waals surface area contributed by atoms with Gasteiger partial charge in [-0.05, 0) is 19.3 Å². The van der Waals surface area contributed by atoms with Crippen molar-refractivity contribution in [1.82, 2.24) is 9.97 Å². The first kappa shape index (κ1) is 12.3. The molecule has 1 heterocycles. The van der Waals surface area contributed by atoms with Crippen molar-refractivity contribution in [2.24, 2.45) is 5.84 Å². The summed E-state index contributed by atoms with van der Waals surface area (Å²) in [4.78, 5) is 8.10. The van der Waals surface area contributed by atoms with Crippen LogP contribution in [0.3, 0.4) is 0 Å². The zero-order valence-corrected chi connectivity index (χ0v) is 10.4. The fourth-order valence-electron chi connectivity index (χ4n) is 2.09. The van der Waals surface area contributed by atoms with Crippen LogP contribution in [0, 0.1) is 0 Å². The van der Waals surface area contributed by atoms with Crippen LogP contribution < -0.4 is 16.6 Å². The van der Waals surface area contributed by atoms with Crippen LogP contribution >= 0.6 is 11.6 Å². The highest BCUT2D eigenvalue weighted by molar-refractivity contribution is 6.32. The van der Waals surface area contributed by atoms with Crippen LogP contribution in [0.15, 0.2) is 6.20 Å². The van der Waals surface area contributed by atoms with E-state index in [1.54, 1.807) is 7.11 Å². The molecule has 1 aliphatic carbocycles. The maximum absolute atomic E-state index is 6.03. The van der Waals surface area contributed by atoms with Crippen molar-refractivity contribution in [3.05, 3.63) is 11.2 Å². The van der Waals surface area contributed by atoms with Crippen molar-refractivity contribution in [1.29, 1.82) is 0 Å². The minimum absolute atomic E-state index is 0.204. The van der Waals surface area contributed by atoms with Crippen molar-refractivity contribution in [3.63, 3.8) is 0 Å². The summed E-state index contributed by atoms with van der Waals surface area (Å²) in [6, 6.07) is 0.234. The maximum Gasteiger partial charge on any atom is 0.239 e. The van der Waals surface area contributed by atoms with Crippen molar-refractivity contribution < 1.29 is 4.74 Å². The first-order chi connectivity index (χ1) is 8.24. The molecule has 17 heavy (non-hydrogen) atoms. The molecule has 0 amide bonds. The zero-order chi connectivity index (χ0) is 12.3. The fraction of sp³-hybridized carbons (Fsp3) is 0.600. The van der Waals surface area contributed by atoms with Gasteiger partial charge in [0.05, 0.1) is 18.3 Å². The summed E-state index contributed by atoms with van der Waals surface area (Å²) in [5, 5.41) is 3.76. The third-order valence-corrected chi connectivity index (χ3v) is 3.23. The van der Waals surface area contributed by atoms with Gasteiger partial charge in [0.25, 0.3) is 0 Å². The van der Waals surface area contributed by atoms with E-state index in [1.165, 1.54) is 6.20 Å². The summed E-state index contributed by atoms with van der Waals surface area (Å²) in [7, 11) is 1.72. The largest absolute Gasteiger partial charge is 0.379 e. The van der Waals surface area contributed by atoms with E-state index in [4.69, 9.17) is 22.2 Å². The standard InChI is InChI=1S/C10H16ClN5O/c1-17-8-4-2-3-7(8)14-9-6(11)5-13-10(15-9)16-12/h5,7-8H,2-4,12H2,1H3,(H2,13,14,15,16). The maximum atomic E-state index is 6.03. The highest BCUT2D eigenvalue weighted by Gasteiger charge is 2.27. The number of ether oxygens (including phenoxy) is 1. The normalized spacial score (nSPS) is 23.7. The molecule has 1 aromatic heterocycles. The summed E-state index contributed by atoms with van der Waals surface area (Å²) >= 11 is 6.03. The number of hydrogen-bond donors (Lipinski definition) is 3. The van der Waals surface area contributed by atoms with E-state index in [2.05, 4.69) is 20.7 Å². The lowest BCUT2D eigenvalue weighted by Crippen LogP contribution is -2.30. The Balaban J connectivity index is 2.12. The molecule has 1 aromatic rings. The van der Waals surface area contributed by atoms with E-state index in [0.717, 1.165) is 19.3 Å². The van der Waals surface area contributed by atoms with Crippen molar-refractivity contribution >= 4 is 23.4 Å². The Hall–Kier alpha value is -1.11. The molecule has 0 aliphatic heterocycles. The van der Waals surface area contributed by atoms with Crippen LogP contribution in [0.25, 0.3) is 0 Å². The Morgan fingerprint density at radius 3 is 3.06 bits per heavy atom. The second kappa shape index (κ2) is 5.48. The molecule has 1 saturated carbocycles. The monoisotopic (exact) mass is 257 g/mol. The Kier molecular flexibility index (Phi) is 3.98. The molecule has 0 spiro atoms. The lowest BCUT2D eigenvalue weighted by Gasteiger charge is -2.20. The number of rotatable bonds is 4. The second-order valence-electron chi connectivity index (χ2n) is 3.99. The quantitative estimate of drug-likeness (QED) is 0.558. The third-order valence-electron chi connectivity index (χ3n) is 2.95. The van der Waals surface area contributed by atoms with Gasteiger partial charge >= 0.3 is 0 Å². The minimum atomic E-state index is 0.204. The number of hydrazine groups is 1. The molecule has 0 saturated heterocycles. The van der Waals surface area contributed by atoms with Crippen LogP contribution in [0.2, 0.25) is 5.02 Å². The average Bonchev–Trinajstić information content (AvgIpc) is 2.79. The molecule has 2 atom stereocenters. The molecular weight excluding hydrogens is 242 g/mol. The molecule has 7 heteroatoms. The van der Waals surface area contributed by atoms with Gasteiger partial charge in [0.2, 0.25) is 5.95 Å². The van der Waals surface area contributed by atoms with E-state index in [9.17, 15) is 0 Å². The molecule has 94 valence electrons. The molecule has 6 nitrogen and oxygen atoms in total. The van der Waals surface area contributed by atoms with Gasteiger partial charge in [0.15, 0.2) is 5.82 Å². The molecule has 0 radical (unpaired) electrons. The van der Waals surface area contributed by atoms with Crippen LogP contribution in [-0.4, -0.2) is 29.2 Å². The number of anilines is 2.